The third-order valence-electron chi connectivity index (χ3n) is 16.3. The van der Waals surface area contributed by atoms with Crippen LogP contribution < -0.4 is 0 Å². The maximum absolute atomic E-state index is 10.6. The van der Waals surface area contributed by atoms with Gasteiger partial charge in [0.25, 0.3) is 0 Å². The minimum absolute atomic E-state index is 0.405. The van der Waals surface area contributed by atoms with Crippen LogP contribution in [0.3, 0.4) is 0 Å². The van der Waals surface area contributed by atoms with E-state index in [1.54, 1.807) is 0 Å². The van der Waals surface area contributed by atoms with Crippen LogP contribution in [0.2, 0.25) is 0 Å². The van der Waals surface area contributed by atoms with Crippen LogP contribution in [0, 0.1) is 17.9 Å². The Morgan fingerprint density at radius 3 is 1.10 bits per heavy atom. The number of nitrogens with zero attached hydrogens (tertiary/aromatic N) is 2. The minimum atomic E-state index is -0.855. The third kappa shape index (κ3) is 4.89. The van der Waals surface area contributed by atoms with Gasteiger partial charge in [-0.3, -0.25) is 0 Å². The summed E-state index contributed by atoms with van der Waals surface area (Å²) in [4.78, 5) is 4.13. The molecular weight excluding hydrogens is 821 g/mol. The van der Waals surface area contributed by atoms with Crippen LogP contribution >= 0.6 is 0 Å². The lowest BCUT2D eigenvalue weighted by Gasteiger charge is -2.57. The Morgan fingerprint density at radius 1 is 0.368 bits per heavy atom. The van der Waals surface area contributed by atoms with Crippen molar-refractivity contribution >= 4 is 27.2 Å². The Kier molecular flexibility index (Phi) is 8.30. The van der Waals surface area contributed by atoms with Crippen LogP contribution in [0.5, 0.6) is 0 Å². The van der Waals surface area contributed by atoms with Gasteiger partial charge in [-0.25, -0.2) is 4.85 Å². The Morgan fingerprint density at radius 2 is 0.706 bits per heavy atom. The summed E-state index contributed by atoms with van der Waals surface area (Å²) in [6.07, 6.45) is 0. The second kappa shape index (κ2) is 14.1. The zero-order valence-corrected chi connectivity index (χ0v) is 38.5. The molecule has 2 heteroatoms. The van der Waals surface area contributed by atoms with Gasteiger partial charge in [-0.1, -0.05) is 204 Å². The molecule has 0 heterocycles. The lowest BCUT2D eigenvalue weighted by molar-refractivity contribution is 0.414. The molecule has 0 bridgehead atoms. The minimum Gasteiger partial charge on any atom is -0.238 e. The lowest BCUT2D eigenvalue weighted by atomic mass is 9.43. The van der Waals surface area contributed by atoms with Gasteiger partial charge in [0.2, 0.25) is 0 Å². The van der Waals surface area contributed by atoms with E-state index >= 15 is 0 Å². The number of fused-ring (bicyclic) bond motifs is 13. The normalized spacial score (nSPS) is 15.8. The van der Waals surface area contributed by atoms with Gasteiger partial charge in [0, 0.05) is 16.2 Å². The summed E-state index contributed by atoms with van der Waals surface area (Å²) in [5.41, 5.74) is 18.3. The second-order valence-electron chi connectivity index (χ2n) is 20.1. The molecule has 10 aromatic rings. The fourth-order valence-electron chi connectivity index (χ4n) is 13.5. The molecule has 0 N–H and O–H groups in total. The highest BCUT2D eigenvalue weighted by molar-refractivity contribution is 6.10. The monoisotopic (exact) mass is 866 g/mol. The number of rotatable bonds is 4. The van der Waals surface area contributed by atoms with Gasteiger partial charge in [0.15, 0.2) is 5.69 Å². The number of benzene rings is 10. The van der Waals surface area contributed by atoms with Crippen molar-refractivity contribution in [3.05, 3.63) is 279 Å². The van der Waals surface area contributed by atoms with Gasteiger partial charge < -0.3 is 0 Å². The Labute approximate surface area is 398 Å². The number of hydrogen-bond acceptors (Lipinski definition) is 1. The molecular formula is C66H46N2. The zero-order valence-electron chi connectivity index (χ0n) is 38.5. The molecule has 0 spiro atoms. The summed E-state index contributed by atoms with van der Waals surface area (Å²) in [6.45, 7) is 17.7. The van der Waals surface area contributed by atoms with Gasteiger partial charge >= 0.3 is 0 Å². The highest BCUT2D eigenvalue weighted by Gasteiger charge is 2.62. The zero-order chi connectivity index (χ0) is 46.2. The number of hydrogen-bond donors (Lipinski definition) is 0. The van der Waals surface area contributed by atoms with E-state index in [-0.39, 0.29) is 0 Å². The lowest BCUT2D eigenvalue weighted by Crippen LogP contribution is -2.55. The van der Waals surface area contributed by atoms with Crippen molar-refractivity contribution in [1.82, 2.24) is 0 Å². The predicted octanol–water partition coefficient (Wildman–Crippen LogP) is 16.4. The van der Waals surface area contributed by atoms with E-state index < -0.39 is 21.7 Å². The van der Waals surface area contributed by atoms with E-state index in [1.807, 2.05) is 6.07 Å². The van der Waals surface area contributed by atoms with E-state index in [0.29, 0.717) is 11.3 Å². The maximum Gasteiger partial charge on any atom is 0.195 e. The van der Waals surface area contributed by atoms with Crippen molar-refractivity contribution in [2.75, 3.05) is 0 Å². The van der Waals surface area contributed by atoms with E-state index in [9.17, 15) is 5.26 Å². The van der Waals surface area contributed by atoms with Crippen molar-refractivity contribution in [3.8, 4) is 39.4 Å². The molecule has 0 radical (unpaired) electrons. The molecule has 0 unspecified atom stereocenters. The molecule has 2 nitrogen and oxygen atoms in total. The van der Waals surface area contributed by atoms with E-state index in [2.05, 4.69) is 239 Å². The quantitative estimate of drug-likeness (QED) is 0.162. The molecule has 0 saturated heterocycles. The molecule has 10 aromatic carbocycles. The SMILES string of the molecule is [C-]#[N+]c1cc2c(c3ccccc13)-c1cc3c(cc1C2(C)C)-c1cc2c(cc1C(c1ccccc1)(c1ccccc1)C3(c1ccccc1)c1ccccc1)-c1c(cc(C#N)c3ccccc13)C2(C)C. The molecule has 68 heavy (non-hydrogen) atoms. The highest BCUT2D eigenvalue weighted by atomic mass is 14.7. The molecule has 0 saturated carbocycles. The van der Waals surface area contributed by atoms with Crippen LogP contribution in [-0.2, 0) is 21.7 Å². The second-order valence-corrected chi connectivity index (χ2v) is 20.1. The first-order valence-corrected chi connectivity index (χ1v) is 23.7. The van der Waals surface area contributed by atoms with Crippen molar-refractivity contribution in [3.63, 3.8) is 0 Å². The van der Waals surface area contributed by atoms with E-state index in [4.69, 9.17) is 6.57 Å². The molecule has 0 fully saturated rings. The fourth-order valence-corrected chi connectivity index (χ4v) is 13.5. The molecule has 0 aromatic heterocycles. The van der Waals surface area contributed by atoms with Crippen LogP contribution in [0.1, 0.15) is 88.9 Å². The Balaban J connectivity index is 1.30. The molecule has 3 aliphatic carbocycles. The standard InChI is InChI=1S/C66H46N2/c1-63(2)54-35-50-51-36-55-53(62-49-33-21-19-31-47(49)60(68-5)39-59(62)64(55,3)4)38-57(51)66(44-26-14-8-15-27-44,45-28-16-9-17-29-45)65(42-22-10-6-11-23-42,43-24-12-7-13-25-43)56(50)37-52(54)61-48-32-20-18-30-46(48)41(40-67)34-58(61)63/h6-39H,1-4H3. The summed E-state index contributed by atoms with van der Waals surface area (Å²) >= 11 is 0. The van der Waals surface area contributed by atoms with Crippen molar-refractivity contribution in [1.29, 1.82) is 5.26 Å². The largest absolute Gasteiger partial charge is 0.238 e. The third-order valence-corrected chi connectivity index (χ3v) is 16.3. The fraction of sp³-hybridized carbons (Fsp3) is 0.121. The topological polar surface area (TPSA) is 28.1 Å². The summed E-state index contributed by atoms with van der Waals surface area (Å²) in [5, 5.41) is 14.8. The summed E-state index contributed by atoms with van der Waals surface area (Å²) in [6, 6.07) is 79.2. The van der Waals surface area contributed by atoms with Crippen LogP contribution in [0.4, 0.5) is 5.69 Å². The molecule has 13 rings (SSSR count). The summed E-state index contributed by atoms with van der Waals surface area (Å²) in [7, 11) is 0. The summed E-state index contributed by atoms with van der Waals surface area (Å²) in [5.74, 6) is 0. The maximum atomic E-state index is 10.6. The van der Waals surface area contributed by atoms with Gasteiger partial charge in [0.1, 0.15) is 0 Å². The average Bonchev–Trinajstić information content (AvgIpc) is 3.75. The van der Waals surface area contributed by atoms with E-state index in [1.165, 1.54) is 89.0 Å². The smallest absolute Gasteiger partial charge is 0.195 e. The molecule has 0 atom stereocenters. The summed E-state index contributed by atoms with van der Waals surface area (Å²) < 4.78 is 0. The Hall–Kier alpha value is -8.30. The molecule has 3 aliphatic rings. The van der Waals surface area contributed by atoms with Crippen LogP contribution in [-0.4, -0.2) is 0 Å². The first kappa shape index (κ1) is 40.0. The van der Waals surface area contributed by atoms with Crippen LogP contribution in [0.15, 0.2) is 206 Å². The van der Waals surface area contributed by atoms with Gasteiger partial charge in [-0.05, 0) is 136 Å². The Bertz CT molecular complexity index is 3510. The number of nitriles is 1. The van der Waals surface area contributed by atoms with Crippen LogP contribution in [0.25, 0.3) is 59.8 Å². The van der Waals surface area contributed by atoms with E-state index in [0.717, 1.165) is 21.5 Å². The predicted molar refractivity (Wildman–Crippen MR) is 279 cm³/mol. The van der Waals surface area contributed by atoms with Gasteiger partial charge in [0.05, 0.1) is 29.0 Å². The first-order valence-electron chi connectivity index (χ1n) is 23.7. The van der Waals surface area contributed by atoms with Crippen molar-refractivity contribution in [2.45, 2.75) is 49.4 Å². The first-order chi connectivity index (χ1) is 33.2. The molecule has 320 valence electrons. The molecule has 0 aliphatic heterocycles. The van der Waals surface area contributed by atoms with Gasteiger partial charge in [-0.15, -0.1) is 0 Å². The van der Waals surface area contributed by atoms with Crippen molar-refractivity contribution < 1.29 is 0 Å². The average molecular weight is 867 g/mol. The highest BCUT2D eigenvalue weighted by Crippen LogP contribution is 2.69. The van der Waals surface area contributed by atoms with Crippen molar-refractivity contribution in [2.24, 2.45) is 0 Å². The van der Waals surface area contributed by atoms with Gasteiger partial charge in [-0.2, -0.15) is 5.26 Å². The molecule has 0 amide bonds.